The van der Waals surface area contributed by atoms with Crippen molar-refractivity contribution in [3.63, 3.8) is 0 Å². The van der Waals surface area contributed by atoms with Crippen LogP contribution in [0.2, 0.25) is 0 Å². The number of rotatable bonds is 7. The van der Waals surface area contributed by atoms with Gasteiger partial charge in [0.2, 0.25) is 0 Å². The van der Waals surface area contributed by atoms with Gasteiger partial charge in [-0.25, -0.2) is 14.6 Å². The predicted molar refractivity (Wildman–Crippen MR) is 215 cm³/mol. The molecule has 0 radical (unpaired) electrons. The van der Waals surface area contributed by atoms with Crippen LogP contribution < -0.4 is 5.32 Å². The highest BCUT2D eigenvalue weighted by molar-refractivity contribution is 6.10. The molecule has 8 nitrogen and oxygen atoms in total. The monoisotopic (exact) mass is 823 g/mol. The summed E-state index contributed by atoms with van der Waals surface area (Å²) in [6.07, 6.45) is -8.77. The second-order valence-electron chi connectivity index (χ2n) is 13.4. The van der Waals surface area contributed by atoms with Crippen LogP contribution in [0.25, 0.3) is 0 Å². The summed E-state index contributed by atoms with van der Waals surface area (Å²) >= 11 is 0. The smallest absolute Gasteiger partial charge is 0.416 e. The maximum Gasteiger partial charge on any atom is 0.416 e. The average molecular weight is 824 g/mol. The Balaban J connectivity index is 0.000000175. The molecule has 0 unspecified atom stereocenters. The lowest BCUT2D eigenvalue weighted by molar-refractivity contribution is -0.138. The summed E-state index contributed by atoms with van der Waals surface area (Å²) in [6, 6.07) is 38.8. The summed E-state index contributed by atoms with van der Waals surface area (Å²) < 4.78 is 82.6. The van der Waals surface area contributed by atoms with Crippen LogP contribution in [0, 0.1) is 0 Å². The Morgan fingerprint density at radius 2 is 1.08 bits per heavy atom. The van der Waals surface area contributed by atoms with Gasteiger partial charge in [0.1, 0.15) is 6.61 Å². The number of carboxylic acids is 1. The van der Waals surface area contributed by atoms with E-state index in [9.17, 15) is 35.9 Å². The molecule has 60 heavy (non-hydrogen) atoms. The Labute approximate surface area is 340 Å². The number of para-hydroxylation sites is 2. The summed E-state index contributed by atoms with van der Waals surface area (Å²) in [4.78, 5) is 32.1. The summed E-state index contributed by atoms with van der Waals surface area (Å²) in [5.74, 6) is -1.11. The van der Waals surface area contributed by atoms with Crippen molar-refractivity contribution in [1.29, 1.82) is 0 Å². The summed E-state index contributed by atoms with van der Waals surface area (Å²) in [5, 5.41) is 20.3. The molecule has 0 saturated heterocycles. The first-order valence-electron chi connectivity index (χ1n) is 18.3. The lowest BCUT2D eigenvalue weighted by Gasteiger charge is -2.09. The van der Waals surface area contributed by atoms with Gasteiger partial charge in [0, 0.05) is 12.8 Å². The van der Waals surface area contributed by atoms with Crippen LogP contribution in [-0.4, -0.2) is 33.7 Å². The molecule has 6 aromatic rings. The van der Waals surface area contributed by atoms with Crippen molar-refractivity contribution in [2.75, 3.05) is 5.32 Å². The highest BCUT2D eigenvalue weighted by atomic mass is 19.4. The van der Waals surface area contributed by atoms with Gasteiger partial charge in [0.15, 0.2) is 0 Å². The summed E-state index contributed by atoms with van der Waals surface area (Å²) in [5.41, 5.74) is 4.94. The molecule has 6 aromatic carbocycles. The van der Waals surface area contributed by atoms with E-state index in [1.807, 2.05) is 66.7 Å². The van der Waals surface area contributed by atoms with Crippen LogP contribution >= 0.6 is 0 Å². The normalized spacial score (nSPS) is 12.7. The standard InChI is InChI=1S/C23H17F3N2O2.C16H10F3NO2.C7H8O/c24-23(25,26)18-10-4-8-16(12-18)20-13-17-9-5-11-19(21(17)27-20)28-22(29)30-14-15-6-2-1-3-7-15;17-16(18,19)11-5-1-3-9(7-11)13-8-10-4-2-6-12(15(21)22)14(10)20-13;8-6-7-4-2-1-3-5-7/h1-12H,13-14H2,(H,28,29);1-7H,8H2,(H,21,22);1-5,8H,6H2. The molecule has 0 fully saturated rings. The van der Waals surface area contributed by atoms with E-state index >= 15 is 0 Å². The number of alkyl halides is 6. The number of carbonyl (C=O) groups excluding carboxylic acids is 1. The first-order valence-corrected chi connectivity index (χ1v) is 18.3. The van der Waals surface area contributed by atoms with E-state index in [0.717, 1.165) is 41.0 Å². The molecule has 2 heterocycles. The number of nitrogens with one attached hydrogen (secondary N) is 1. The van der Waals surface area contributed by atoms with Crippen molar-refractivity contribution >= 4 is 40.5 Å². The van der Waals surface area contributed by atoms with Crippen LogP contribution in [0.1, 0.15) is 54.9 Å². The molecule has 306 valence electrons. The number of ether oxygens (including phenoxy) is 1. The molecule has 3 N–H and O–H groups in total. The maximum absolute atomic E-state index is 13.0. The number of fused-ring (bicyclic) bond motifs is 2. The van der Waals surface area contributed by atoms with E-state index in [-0.39, 0.29) is 18.8 Å². The Morgan fingerprint density at radius 1 is 0.600 bits per heavy atom. The molecule has 2 aliphatic heterocycles. The van der Waals surface area contributed by atoms with E-state index in [2.05, 4.69) is 15.3 Å². The Bertz CT molecular complexity index is 2540. The van der Waals surface area contributed by atoms with Crippen molar-refractivity contribution in [2.24, 2.45) is 9.98 Å². The maximum atomic E-state index is 13.0. The highest BCUT2D eigenvalue weighted by Crippen LogP contribution is 2.38. The van der Waals surface area contributed by atoms with Gasteiger partial charge < -0.3 is 14.9 Å². The van der Waals surface area contributed by atoms with Gasteiger partial charge in [-0.1, -0.05) is 109 Å². The van der Waals surface area contributed by atoms with E-state index in [1.165, 1.54) is 18.2 Å². The molecule has 0 bridgehead atoms. The zero-order valence-corrected chi connectivity index (χ0v) is 31.5. The van der Waals surface area contributed by atoms with Gasteiger partial charge in [-0.05, 0) is 69.8 Å². The molecule has 0 atom stereocenters. The van der Waals surface area contributed by atoms with Gasteiger partial charge in [-0.3, -0.25) is 10.3 Å². The predicted octanol–water partition coefficient (Wildman–Crippen LogP) is 11.4. The zero-order chi connectivity index (χ0) is 42.9. The molecule has 0 spiro atoms. The third kappa shape index (κ3) is 10.9. The topological polar surface area (TPSA) is 121 Å². The molecule has 2 aliphatic rings. The average Bonchev–Trinajstić information content (AvgIpc) is 3.90. The Kier molecular flexibility index (Phi) is 13.2. The molecular formula is C46H35F6N3O5. The molecule has 0 aromatic heterocycles. The van der Waals surface area contributed by atoms with Gasteiger partial charge in [-0.2, -0.15) is 26.3 Å². The quantitative estimate of drug-likeness (QED) is 0.138. The van der Waals surface area contributed by atoms with Gasteiger partial charge >= 0.3 is 24.4 Å². The number of aliphatic hydroxyl groups is 1. The Morgan fingerprint density at radius 3 is 1.58 bits per heavy atom. The van der Waals surface area contributed by atoms with Crippen LogP contribution in [0.4, 0.5) is 48.2 Å². The molecule has 14 heteroatoms. The minimum atomic E-state index is -4.42. The number of halogens is 6. The zero-order valence-electron chi connectivity index (χ0n) is 31.5. The minimum Gasteiger partial charge on any atom is -0.478 e. The number of aromatic carboxylic acids is 1. The van der Waals surface area contributed by atoms with E-state index in [0.29, 0.717) is 58.0 Å². The van der Waals surface area contributed by atoms with Crippen molar-refractivity contribution in [3.8, 4) is 0 Å². The van der Waals surface area contributed by atoms with Crippen molar-refractivity contribution < 1.29 is 50.9 Å². The van der Waals surface area contributed by atoms with Crippen molar-refractivity contribution in [2.45, 2.75) is 38.4 Å². The molecule has 1 amide bonds. The third-order valence-corrected chi connectivity index (χ3v) is 9.20. The number of benzene rings is 6. The van der Waals surface area contributed by atoms with E-state index < -0.39 is 35.5 Å². The minimum absolute atomic E-state index is 0.0551. The second-order valence-corrected chi connectivity index (χ2v) is 13.4. The number of amides is 1. The van der Waals surface area contributed by atoms with Crippen molar-refractivity contribution in [3.05, 3.63) is 196 Å². The number of aliphatic imine (C=N–C) groups is 2. The molecule has 0 saturated carbocycles. The van der Waals surface area contributed by atoms with Gasteiger partial charge in [0.25, 0.3) is 0 Å². The van der Waals surface area contributed by atoms with Crippen LogP contribution in [0.15, 0.2) is 156 Å². The summed E-state index contributed by atoms with van der Waals surface area (Å²) in [7, 11) is 0. The van der Waals surface area contributed by atoms with E-state index in [4.69, 9.17) is 14.9 Å². The molecule has 8 rings (SSSR count). The fourth-order valence-electron chi connectivity index (χ4n) is 6.25. The number of aliphatic hydroxyl groups excluding tert-OH is 1. The fraction of sp³-hybridized carbons (Fsp3) is 0.130. The lowest BCUT2D eigenvalue weighted by Crippen LogP contribution is -2.13. The molecular weight excluding hydrogens is 789 g/mol. The van der Waals surface area contributed by atoms with Crippen LogP contribution in [-0.2, 0) is 43.1 Å². The first-order chi connectivity index (χ1) is 28.7. The van der Waals surface area contributed by atoms with Gasteiger partial charge in [-0.15, -0.1) is 0 Å². The van der Waals surface area contributed by atoms with Crippen molar-refractivity contribution in [1.82, 2.24) is 0 Å². The second kappa shape index (κ2) is 18.7. The largest absolute Gasteiger partial charge is 0.478 e. The number of anilines is 1. The number of carbonyl (C=O) groups is 2. The number of hydrogen-bond acceptors (Lipinski definition) is 6. The number of nitrogens with zero attached hydrogens (tertiary/aromatic N) is 2. The summed E-state index contributed by atoms with van der Waals surface area (Å²) in [6.45, 7) is 0.265. The third-order valence-electron chi connectivity index (χ3n) is 9.20. The van der Waals surface area contributed by atoms with E-state index in [1.54, 1.807) is 36.4 Å². The SMILES string of the molecule is O=C(Nc1cccc2c1N=C(c1cccc(C(F)(F)F)c1)C2)OCc1ccccc1.O=C(O)c1cccc2c1N=C(c1cccc(C(F)(F)F)c1)C2.OCc1ccccc1. The number of hydrogen-bond donors (Lipinski definition) is 3. The first kappa shape index (κ1) is 42.5. The number of carboxylic acid groups (broad SMARTS) is 1. The van der Waals surface area contributed by atoms with Crippen LogP contribution in [0.5, 0.6) is 0 Å². The fourth-order valence-corrected chi connectivity index (χ4v) is 6.25. The highest BCUT2D eigenvalue weighted by Gasteiger charge is 2.32. The van der Waals surface area contributed by atoms with Crippen LogP contribution in [0.3, 0.4) is 0 Å². The van der Waals surface area contributed by atoms with Gasteiger partial charge in [0.05, 0.1) is 51.8 Å². The Hall–Kier alpha value is -7.06. The lowest BCUT2D eigenvalue weighted by atomic mass is 10.0. The molecule has 0 aliphatic carbocycles.